The summed E-state index contributed by atoms with van der Waals surface area (Å²) in [5.74, 6) is -0.110. The number of amides is 1. The van der Waals surface area contributed by atoms with Crippen molar-refractivity contribution in [2.24, 2.45) is 7.05 Å². The Morgan fingerprint density at radius 3 is 2.30 bits per heavy atom. The van der Waals surface area contributed by atoms with E-state index in [1.807, 2.05) is 19.2 Å². The predicted octanol–water partition coefficient (Wildman–Crippen LogP) is 4.59. The second kappa shape index (κ2) is 9.45. The van der Waals surface area contributed by atoms with Crippen LogP contribution in [0.15, 0.2) is 35.3 Å². The van der Waals surface area contributed by atoms with Crippen LogP contribution in [-0.4, -0.2) is 25.9 Å². The molecule has 1 aliphatic carbocycles. The molecule has 1 aliphatic rings. The first-order chi connectivity index (χ1) is 14.6. The van der Waals surface area contributed by atoms with Gasteiger partial charge in [-0.1, -0.05) is 63.9 Å². The SMILES string of the molecule is Cn1c(C(=O)NC2CCCCCCCCCCC2)cc2c(=O)n3ccccc3nc21. The summed E-state index contributed by atoms with van der Waals surface area (Å²) in [4.78, 5) is 30.6. The number of aryl methyl sites for hydroxylation is 1. The van der Waals surface area contributed by atoms with Gasteiger partial charge in [-0.15, -0.1) is 0 Å². The van der Waals surface area contributed by atoms with E-state index in [1.165, 1.54) is 49.3 Å². The first-order valence-electron chi connectivity index (χ1n) is 11.4. The summed E-state index contributed by atoms with van der Waals surface area (Å²) in [6.45, 7) is 0. The minimum absolute atomic E-state index is 0.110. The van der Waals surface area contributed by atoms with Crippen molar-refractivity contribution in [1.29, 1.82) is 0 Å². The zero-order valence-electron chi connectivity index (χ0n) is 17.9. The molecular formula is C24H32N4O2. The summed E-state index contributed by atoms with van der Waals surface area (Å²) >= 11 is 0. The van der Waals surface area contributed by atoms with Gasteiger partial charge in [0.15, 0.2) is 0 Å². The quantitative estimate of drug-likeness (QED) is 0.674. The Morgan fingerprint density at radius 2 is 1.63 bits per heavy atom. The lowest BCUT2D eigenvalue weighted by Gasteiger charge is -2.19. The average Bonchev–Trinajstić information content (AvgIpc) is 3.07. The van der Waals surface area contributed by atoms with E-state index in [-0.39, 0.29) is 17.5 Å². The van der Waals surface area contributed by atoms with Gasteiger partial charge in [-0.25, -0.2) is 4.98 Å². The molecule has 1 amide bonds. The molecule has 30 heavy (non-hydrogen) atoms. The van der Waals surface area contributed by atoms with E-state index in [0.717, 1.165) is 25.7 Å². The summed E-state index contributed by atoms with van der Waals surface area (Å²) < 4.78 is 3.27. The molecule has 0 atom stereocenters. The lowest BCUT2D eigenvalue weighted by molar-refractivity contribution is 0.0923. The number of pyridine rings is 1. The molecule has 0 spiro atoms. The van der Waals surface area contributed by atoms with Crippen molar-refractivity contribution in [3.05, 3.63) is 46.5 Å². The smallest absolute Gasteiger partial charge is 0.268 e. The van der Waals surface area contributed by atoms with Gasteiger partial charge >= 0.3 is 0 Å². The van der Waals surface area contributed by atoms with Crippen LogP contribution in [0.2, 0.25) is 0 Å². The lowest BCUT2D eigenvalue weighted by atomic mass is 9.98. The fourth-order valence-electron chi connectivity index (χ4n) is 4.61. The molecule has 0 unspecified atom stereocenters. The van der Waals surface area contributed by atoms with Crippen LogP contribution in [0.3, 0.4) is 0 Å². The first kappa shape index (κ1) is 20.6. The molecule has 1 saturated carbocycles. The van der Waals surface area contributed by atoms with Gasteiger partial charge < -0.3 is 9.88 Å². The van der Waals surface area contributed by atoms with Crippen molar-refractivity contribution in [1.82, 2.24) is 19.3 Å². The summed E-state index contributed by atoms with van der Waals surface area (Å²) in [5, 5.41) is 3.73. The monoisotopic (exact) mass is 408 g/mol. The summed E-state index contributed by atoms with van der Waals surface area (Å²) in [6, 6.07) is 7.35. The molecular weight excluding hydrogens is 376 g/mol. The Kier molecular flexibility index (Phi) is 6.50. The molecule has 6 heteroatoms. The van der Waals surface area contributed by atoms with Crippen LogP contribution in [-0.2, 0) is 7.05 Å². The number of fused-ring (bicyclic) bond motifs is 2. The van der Waals surface area contributed by atoms with Gasteiger partial charge in [0.1, 0.15) is 17.0 Å². The topological polar surface area (TPSA) is 68.4 Å². The fraction of sp³-hybridized carbons (Fsp3) is 0.542. The second-order valence-electron chi connectivity index (χ2n) is 8.60. The fourth-order valence-corrected chi connectivity index (χ4v) is 4.61. The van der Waals surface area contributed by atoms with E-state index >= 15 is 0 Å². The zero-order chi connectivity index (χ0) is 20.9. The van der Waals surface area contributed by atoms with E-state index in [1.54, 1.807) is 22.9 Å². The van der Waals surface area contributed by atoms with Gasteiger partial charge in [-0.05, 0) is 31.0 Å². The Bertz CT molecular complexity index is 1070. The summed E-state index contributed by atoms with van der Waals surface area (Å²) in [5.41, 5.74) is 1.49. The number of nitrogens with zero attached hydrogens (tertiary/aromatic N) is 3. The van der Waals surface area contributed by atoms with Gasteiger partial charge in [-0.3, -0.25) is 14.0 Å². The molecule has 0 radical (unpaired) electrons. The number of hydrogen-bond donors (Lipinski definition) is 1. The van der Waals surface area contributed by atoms with Gasteiger partial charge in [0.25, 0.3) is 11.5 Å². The minimum Gasteiger partial charge on any atom is -0.348 e. The highest BCUT2D eigenvalue weighted by atomic mass is 16.2. The van der Waals surface area contributed by atoms with Crippen LogP contribution >= 0.6 is 0 Å². The molecule has 1 N–H and O–H groups in total. The minimum atomic E-state index is -0.142. The summed E-state index contributed by atoms with van der Waals surface area (Å²) in [6.07, 6.45) is 15.2. The lowest BCUT2D eigenvalue weighted by Crippen LogP contribution is -2.35. The Balaban J connectivity index is 1.55. The maximum atomic E-state index is 13.1. The third-order valence-electron chi connectivity index (χ3n) is 6.38. The predicted molar refractivity (Wildman–Crippen MR) is 120 cm³/mol. The van der Waals surface area contributed by atoms with E-state index in [2.05, 4.69) is 10.3 Å². The van der Waals surface area contributed by atoms with Crippen molar-refractivity contribution in [3.63, 3.8) is 0 Å². The molecule has 0 aliphatic heterocycles. The Hall–Kier alpha value is -2.63. The van der Waals surface area contributed by atoms with Crippen molar-refractivity contribution < 1.29 is 4.79 Å². The van der Waals surface area contributed by atoms with Crippen molar-refractivity contribution in [2.75, 3.05) is 0 Å². The molecule has 1 fully saturated rings. The molecule has 0 bridgehead atoms. The van der Waals surface area contributed by atoms with E-state index in [0.29, 0.717) is 22.4 Å². The van der Waals surface area contributed by atoms with Crippen LogP contribution in [0.25, 0.3) is 16.7 Å². The van der Waals surface area contributed by atoms with Crippen molar-refractivity contribution in [3.8, 4) is 0 Å². The Morgan fingerprint density at radius 1 is 1.00 bits per heavy atom. The highest BCUT2D eigenvalue weighted by Crippen LogP contribution is 2.19. The van der Waals surface area contributed by atoms with E-state index < -0.39 is 0 Å². The average molecular weight is 409 g/mol. The molecule has 160 valence electrons. The van der Waals surface area contributed by atoms with Gasteiger partial charge in [0.05, 0.1) is 5.39 Å². The van der Waals surface area contributed by atoms with Crippen LogP contribution in [0.5, 0.6) is 0 Å². The van der Waals surface area contributed by atoms with Crippen LogP contribution in [0.1, 0.15) is 81.1 Å². The number of aromatic nitrogens is 3. The number of nitrogens with one attached hydrogen (secondary N) is 1. The zero-order valence-corrected chi connectivity index (χ0v) is 17.9. The standard InChI is InChI=1S/C24H32N4O2/c1-27-20(17-19-22(27)26-21-15-11-12-16-28(21)24(19)30)23(29)25-18-13-9-7-5-3-2-4-6-8-10-14-18/h11-12,15-18H,2-10,13-14H2,1H3,(H,25,29). The van der Waals surface area contributed by atoms with E-state index in [4.69, 9.17) is 0 Å². The van der Waals surface area contributed by atoms with Crippen LogP contribution in [0.4, 0.5) is 0 Å². The maximum Gasteiger partial charge on any atom is 0.268 e. The maximum absolute atomic E-state index is 13.1. The highest BCUT2D eigenvalue weighted by Gasteiger charge is 2.20. The molecule has 6 nitrogen and oxygen atoms in total. The number of rotatable bonds is 2. The van der Waals surface area contributed by atoms with Gasteiger partial charge in [0, 0.05) is 19.3 Å². The number of hydrogen-bond acceptors (Lipinski definition) is 3. The number of carbonyl (C=O) groups is 1. The summed E-state index contributed by atoms with van der Waals surface area (Å²) in [7, 11) is 1.81. The largest absolute Gasteiger partial charge is 0.348 e. The van der Waals surface area contributed by atoms with Crippen LogP contribution < -0.4 is 10.9 Å². The van der Waals surface area contributed by atoms with Crippen molar-refractivity contribution >= 4 is 22.6 Å². The normalized spacial score (nSPS) is 17.5. The Labute approximate surface area is 177 Å². The molecule has 0 saturated heterocycles. The second-order valence-corrected chi connectivity index (χ2v) is 8.60. The number of carbonyl (C=O) groups excluding carboxylic acids is 1. The molecule has 4 rings (SSSR count). The third kappa shape index (κ3) is 4.42. The molecule has 3 aromatic rings. The molecule has 3 heterocycles. The molecule has 0 aromatic carbocycles. The van der Waals surface area contributed by atoms with Crippen LogP contribution in [0, 0.1) is 0 Å². The third-order valence-corrected chi connectivity index (χ3v) is 6.38. The first-order valence-corrected chi connectivity index (χ1v) is 11.4. The highest BCUT2D eigenvalue weighted by molar-refractivity contribution is 5.98. The van der Waals surface area contributed by atoms with Gasteiger partial charge in [-0.2, -0.15) is 0 Å². The molecule has 3 aromatic heterocycles. The van der Waals surface area contributed by atoms with Gasteiger partial charge in [0.2, 0.25) is 0 Å². The van der Waals surface area contributed by atoms with Crippen molar-refractivity contribution in [2.45, 2.75) is 76.7 Å². The van der Waals surface area contributed by atoms with E-state index in [9.17, 15) is 9.59 Å².